The van der Waals surface area contributed by atoms with Crippen molar-refractivity contribution in [1.82, 2.24) is 0 Å². The molecular weight excluding hydrogens is 279 g/mol. The Hall–Kier alpha value is -0.0526. The van der Waals surface area contributed by atoms with Crippen LogP contribution in [-0.4, -0.2) is 45.2 Å². The van der Waals surface area contributed by atoms with Crippen LogP contribution in [0.2, 0.25) is 0 Å². The second-order valence-corrected chi connectivity index (χ2v) is 5.76. The monoisotopic (exact) mass is 312 g/mol. The fraction of sp³-hybridized carbons (Fsp3) is 0.938. The Morgan fingerprint density at radius 2 is 1.18 bits per heavy atom. The van der Waals surface area contributed by atoms with Crippen molar-refractivity contribution < 1.29 is 45.5 Å². The molecule has 0 fully saturated rings. The third-order valence-electron chi connectivity index (χ3n) is 3.74. The summed E-state index contributed by atoms with van der Waals surface area (Å²) in [4.78, 5) is 10.3. The van der Waals surface area contributed by atoms with E-state index in [9.17, 15) is 15.0 Å². The number of aliphatic carboxylic acids is 1. The van der Waals surface area contributed by atoms with Crippen molar-refractivity contribution in [3.05, 3.63) is 0 Å². The number of carboxylic acids is 1. The van der Waals surface area contributed by atoms with E-state index >= 15 is 0 Å². The van der Waals surface area contributed by atoms with Gasteiger partial charge in [-0.3, -0.25) is 4.79 Å². The summed E-state index contributed by atoms with van der Waals surface area (Å²) in [5, 5.41) is 36.8. The van der Waals surface area contributed by atoms with Gasteiger partial charge in [0.15, 0.2) is 0 Å². The summed E-state index contributed by atoms with van der Waals surface area (Å²) < 4.78 is 0. The topological polar surface area (TPSA) is 98.0 Å². The van der Waals surface area contributed by atoms with Crippen LogP contribution < -0.4 is 18.9 Å². The van der Waals surface area contributed by atoms with E-state index in [0.29, 0.717) is 19.3 Å². The minimum atomic E-state index is -0.743. The molecule has 2 unspecified atom stereocenters. The maximum atomic E-state index is 10.3. The van der Waals surface area contributed by atoms with E-state index in [4.69, 9.17) is 10.2 Å². The standard InChI is InChI=1S/C16H32O5.Li.H/c17-13-9-5-4-7-11-15(19)14(18)10-6-2-1-3-8-12-16(20)21;;/h14-15,17-19H,1-13H2,(H,20,21);;/q;+1;-1. The molecule has 0 heterocycles. The van der Waals surface area contributed by atoms with Crippen LogP contribution in [0.15, 0.2) is 0 Å². The Kier molecular flexibility index (Phi) is 19.0. The van der Waals surface area contributed by atoms with Gasteiger partial charge in [0.05, 0.1) is 12.2 Å². The van der Waals surface area contributed by atoms with Crippen LogP contribution in [0.1, 0.15) is 78.5 Å². The van der Waals surface area contributed by atoms with Crippen molar-refractivity contribution in [3.63, 3.8) is 0 Å². The molecule has 0 aromatic carbocycles. The predicted octanol–water partition coefficient (Wildman–Crippen LogP) is -0.417. The molecule has 4 N–H and O–H groups in total. The molecule has 0 aromatic heterocycles. The number of aliphatic hydroxyl groups is 3. The summed E-state index contributed by atoms with van der Waals surface area (Å²) in [6.45, 7) is 0.220. The molecule has 0 aliphatic heterocycles. The van der Waals surface area contributed by atoms with E-state index in [2.05, 4.69) is 0 Å². The molecular formula is C16H33LiO5. The second kappa shape index (κ2) is 17.3. The van der Waals surface area contributed by atoms with Crippen molar-refractivity contribution in [2.24, 2.45) is 0 Å². The summed E-state index contributed by atoms with van der Waals surface area (Å²) >= 11 is 0. The van der Waals surface area contributed by atoms with Crippen molar-refractivity contribution in [1.29, 1.82) is 0 Å². The molecule has 0 saturated carbocycles. The molecule has 0 aliphatic rings. The molecule has 5 nitrogen and oxygen atoms in total. The van der Waals surface area contributed by atoms with Crippen LogP contribution >= 0.6 is 0 Å². The fourth-order valence-electron chi connectivity index (χ4n) is 2.36. The molecule has 0 aromatic rings. The average molecular weight is 312 g/mol. The SMILES string of the molecule is O=C(O)CCCCCCCC(O)C(O)CCCCCCO.[H-].[Li+]. The Labute approximate surface area is 147 Å². The molecule has 0 bridgehead atoms. The summed E-state index contributed by atoms with van der Waals surface area (Å²) in [6.07, 6.45) is 8.25. The molecule has 0 saturated heterocycles. The number of rotatable bonds is 15. The molecule has 0 radical (unpaired) electrons. The summed E-state index contributed by atoms with van der Waals surface area (Å²) in [6, 6.07) is 0. The van der Waals surface area contributed by atoms with E-state index in [0.717, 1.165) is 51.4 Å². The van der Waals surface area contributed by atoms with Crippen molar-refractivity contribution in [3.8, 4) is 0 Å². The van der Waals surface area contributed by atoms with E-state index < -0.39 is 18.2 Å². The van der Waals surface area contributed by atoms with Gasteiger partial charge in [0.1, 0.15) is 0 Å². The Morgan fingerprint density at radius 3 is 1.64 bits per heavy atom. The van der Waals surface area contributed by atoms with E-state index in [-0.39, 0.29) is 33.3 Å². The third-order valence-corrected chi connectivity index (χ3v) is 3.74. The molecule has 128 valence electrons. The van der Waals surface area contributed by atoms with Crippen LogP contribution in [0.3, 0.4) is 0 Å². The normalized spacial score (nSPS) is 13.4. The maximum absolute atomic E-state index is 10.3. The molecule has 22 heavy (non-hydrogen) atoms. The van der Waals surface area contributed by atoms with Gasteiger partial charge in [-0.1, -0.05) is 44.9 Å². The van der Waals surface area contributed by atoms with Gasteiger partial charge in [-0.25, -0.2) is 0 Å². The van der Waals surface area contributed by atoms with Gasteiger partial charge in [0.2, 0.25) is 0 Å². The molecule has 2 atom stereocenters. The minimum absolute atomic E-state index is 0. The van der Waals surface area contributed by atoms with Crippen molar-refractivity contribution in [2.45, 2.75) is 89.3 Å². The molecule has 0 aliphatic carbocycles. The van der Waals surface area contributed by atoms with E-state index in [1.165, 1.54) is 0 Å². The van der Waals surface area contributed by atoms with Gasteiger partial charge in [-0.2, -0.15) is 0 Å². The number of hydrogen-bond donors (Lipinski definition) is 4. The van der Waals surface area contributed by atoms with Crippen LogP contribution in [0.25, 0.3) is 0 Å². The fourth-order valence-corrected chi connectivity index (χ4v) is 2.36. The number of hydrogen-bond acceptors (Lipinski definition) is 4. The van der Waals surface area contributed by atoms with Crippen LogP contribution in [0.4, 0.5) is 0 Å². The Balaban J connectivity index is -0.00000200. The molecule has 0 amide bonds. The first-order valence-electron chi connectivity index (χ1n) is 8.26. The van der Waals surface area contributed by atoms with Crippen LogP contribution in [0.5, 0.6) is 0 Å². The molecule has 6 heteroatoms. The second-order valence-electron chi connectivity index (χ2n) is 5.76. The van der Waals surface area contributed by atoms with Gasteiger partial charge in [-0.15, -0.1) is 0 Å². The Bertz CT molecular complexity index is 257. The Morgan fingerprint density at radius 1 is 0.773 bits per heavy atom. The smallest absolute Gasteiger partial charge is 1.00 e. The first kappa shape index (κ1) is 24.2. The third kappa shape index (κ3) is 16.3. The van der Waals surface area contributed by atoms with Gasteiger partial charge in [0, 0.05) is 13.0 Å². The summed E-state index contributed by atoms with van der Waals surface area (Å²) in [7, 11) is 0. The number of carbonyl (C=O) groups is 1. The molecule has 0 spiro atoms. The van der Waals surface area contributed by atoms with Crippen molar-refractivity contribution >= 4 is 5.97 Å². The zero-order chi connectivity index (χ0) is 15.9. The van der Waals surface area contributed by atoms with Gasteiger partial charge in [0.25, 0.3) is 0 Å². The summed E-state index contributed by atoms with van der Waals surface area (Å²) in [5.41, 5.74) is 0. The van der Waals surface area contributed by atoms with E-state index in [1.807, 2.05) is 0 Å². The zero-order valence-corrected chi connectivity index (χ0v) is 14.0. The number of carboxylic acid groups (broad SMARTS) is 1. The van der Waals surface area contributed by atoms with Crippen LogP contribution in [-0.2, 0) is 4.79 Å². The van der Waals surface area contributed by atoms with Gasteiger partial charge < -0.3 is 21.9 Å². The minimum Gasteiger partial charge on any atom is -1.00 e. The average Bonchev–Trinajstić information content (AvgIpc) is 2.45. The zero-order valence-electron chi connectivity index (χ0n) is 15.0. The van der Waals surface area contributed by atoms with Crippen LogP contribution in [0, 0.1) is 0 Å². The van der Waals surface area contributed by atoms with Crippen molar-refractivity contribution in [2.75, 3.05) is 6.61 Å². The summed E-state index contributed by atoms with van der Waals surface area (Å²) in [5.74, 6) is -0.743. The first-order chi connectivity index (χ1) is 10.1. The maximum Gasteiger partial charge on any atom is 1.00 e. The van der Waals surface area contributed by atoms with Gasteiger partial charge in [-0.05, 0) is 25.7 Å². The predicted molar refractivity (Wildman–Crippen MR) is 83.3 cm³/mol. The quantitative estimate of drug-likeness (QED) is 0.243. The number of aliphatic hydroxyl groups excluding tert-OH is 3. The van der Waals surface area contributed by atoms with Gasteiger partial charge >= 0.3 is 24.8 Å². The molecule has 0 rings (SSSR count). The number of unbranched alkanes of at least 4 members (excludes halogenated alkanes) is 7. The first-order valence-corrected chi connectivity index (χ1v) is 8.26. The largest absolute Gasteiger partial charge is 1.00 e. The van der Waals surface area contributed by atoms with E-state index in [1.54, 1.807) is 0 Å².